The molecule has 1 fully saturated rings. The molecule has 0 spiro atoms. The van der Waals surface area contributed by atoms with Crippen LogP contribution in [0, 0.1) is 0 Å². The highest BCUT2D eigenvalue weighted by Gasteiger charge is 2.38. The van der Waals surface area contributed by atoms with Crippen molar-refractivity contribution in [3.05, 3.63) is 35.4 Å². The first-order valence-corrected chi connectivity index (χ1v) is 9.69. The molecule has 1 aromatic rings. The fourth-order valence-electron chi connectivity index (χ4n) is 2.78. The summed E-state index contributed by atoms with van der Waals surface area (Å²) in [6.07, 6.45) is 3.20. The van der Waals surface area contributed by atoms with E-state index in [-0.39, 0.29) is 31.5 Å². The van der Waals surface area contributed by atoms with E-state index in [0.29, 0.717) is 0 Å². The maximum atomic E-state index is 12.4. The Morgan fingerprint density at radius 2 is 1.92 bits per heavy atom. The van der Waals surface area contributed by atoms with E-state index in [9.17, 15) is 18.0 Å². The molecule has 24 heavy (non-hydrogen) atoms. The van der Waals surface area contributed by atoms with Crippen LogP contribution in [0.5, 0.6) is 0 Å². The summed E-state index contributed by atoms with van der Waals surface area (Å²) in [5.41, 5.74) is 1.79. The van der Waals surface area contributed by atoms with Gasteiger partial charge in [0.15, 0.2) is 6.61 Å². The molecule has 1 saturated carbocycles. The van der Waals surface area contributed by atoms with Gasteiger partial charge < -0.3 is 10.1 Å². The van der Waals surface area contributed by atoms with Crippen LogP contribution in [0.2, 0.25) is 0 Å². The quantitative estimate of drug-likeness (QED) is 0.764. The zero-order valence-corrected chi connectivity index (χ0v) is 14.2. The number of rotatable bonds is 5. The van der Waals surface area contributed by atoms with Crippen molar-refractivity contribution in [3.63, 3.8) is 0 Å². The van der Waals surface area contributed by atoms with Gasteiger partial charge in [-0.2, -0.15) is 4.31 Å². The summed E-state index contributed by atoms with van der Waals surface area (Å²) >= 11 is 0. The first-order chi connectivity index (χ1) is 11.3. The number of benzene rings is 1. The Bertz CT molecular complexity index is 757. The summed E-state index contributed by atoms with van der Waals surface area (Å²) in [5.74, 6) is -1.05. The van der Waals surface area contributed by atoms with E-state index in [4.69, 9.17) is 4.74 Å². The minimum atomic E-state index is -3.58. The molecule has 0 saturated heterocycles. The average molecular weight is 352 g/mol. The van der Waals surface area contributed by atoms with E-state index in [1.54, 1.807) is 0 Å². The molecule has 1 heterocycles. The van der Waals surface area contributed by atoms with Crippen molar-refractivity contribution in [2.45, 2.75) is 37.9 Å². The summed E-state index contributed by atoms with van der Waals surface area (Å²) in [6, 6.07) is 6.64. The summed E-state index contributed by atoms with van der Waals surface area (Å²) in [4.78, 5) is 24.0. The summed E-state index contributed by atoms with van der Waals surface area (Å²) in [5, 5.41) is 2.72. The largest absolute Gasteiger partial charge is 0.454 e. The molecule has 0 aromatic heterocycles. The Kier molecular flexibility index (Phi) is 4.60. The summed E-state index contributed by atoms with van der Waals surface area (Å²) in [7, 11) is -3.58. The van der Waals surface area contributed by atoms with Crippen LogP contribution in [0.3, 0.4) is 0 Å². The molecule has 7 nitrogen and oxygen atoms in total. The molecule has 1 amide bonds. The molecule has 0 unspecified atom stereocenters. The lowest BCUT2D eigenvalue weighted by Crippen LogP contribution is -2.49. The van der Waals surface area contributed by atoms with Gasteiger partial charge in [0.1, 0.15) is 6.04 Å². The second kappa shape index (κ2) is 6.52. The lowest BCUT2D eigenvalue weighted by atomic mass is 9.96. The zero-order valence-electron chi connectivity index (χ0n) is 13.4. The molecule has 1 N–H and O–H groups in total. The third-order valence-corrected chi connectivity index (χ3v) is 5.43. The summed E-state index contributed by atoms with van der Waals surface area (Å²) in [6.45, 7) is -0.256. The Morgan fingerprint density at radius 3 is 2.54 bits per heavy atom. The van der Waals surface area contributed by atoms with Gasteiger partial charge in [0, 0.05) is 19.0 Å². The van der Waals surface area contributed by atoms with E-state index in [2.05, 4.69) is 5.32 Å². The normalized spacial score (nSPS) is 21.0. The molecule has 1 atom stereocenters. The SMILES string of the molecule is CS(=O)(=O)N1Cc2ccccc2C[C@H]1C(=O)OCC(=O)NC1CC1. The van der Waals surface area contributed by atoms with Crippen molar-refractivity contribution in [2.75, 3.05) is 12.9 Å². The van der Waals surface area contributed by atoms with Gasteiger partial charge in [-0.3, -0.25) is 9.59 Å². The van der Waals surface area contributed by atoms with Crippen molar-refractivity contribution >= 4 is 21.9 Å². The smallest absolute Gasteiger partial charge is 0.325 e. The molecule has 0 radical (unpaired) electrons. The Morgan fingerprint density at radius 1 is 1.25 bits per heavy atom. The number of amides is 1. The van der Waals surface area contributed by atoms with Crippen LogP contribution < -0.4 is 5.32 Å². The molecule has 1 aliphatic carbocycles. The predicted octanol–water partition coefficient (Wildman–Crippen LogP) is 0.195. The van der Waals surface area contributed by atoms with Crippen LogP contribution in [0.4, 0.5) is 0 Å². The Hall–Kier alpha value is -1.93. The van der Waals surface area contributed by atoms with Crippen molar-refractivity contribution in [1.29, 1.82) is 0 Å². The predicted molar refractivity (Wildman–Crippen MR) is 86.4 cm³/mol. The van der Waals surface area contributed by atoms with Gasteiger partial charge in [0.2, 0.25) is 10.0 Å². The number of hydrogen-bond donors (Lipinski definition) is 1. The number of carbonyl (C=O) groups excluding carboxylic acids is 2. The highest BCUT2D eigenvalue weighted by Crippen LogP contribution is 2.26. The van der Waals surface area contributed by atoms with E-state index in [1.165, 1.54) is 0 Å². The molecule has 0 bridgehead atoms. The molecule has 1 aromatic carbocycles. The van der Waals surface area contributed by atoms with Gasteiger partial charge in [-0.05, 0) is 24.0 Å². The van der Waals surface area contributed by atoms with E-state index in [1.807, 2.05) is 24.3 Å². The van der Waals surface area contributed by atoms with Crippen LogP contribution >= 0.6 is 0 Å². The molecule has 1 aliphatic heterocycles. The minimum Gasteiger partial charge on any atom is -0.454 e. The number of esters is 1. The molecular weight excluding hydrogens is 332 g/mol. The molecule has 3 rings (SSSR count). The van der Waals surface area contributed by atoms with Crippen LogP contribution in [0.25, 0.3) is 0 Å². The number of nitrogens with zero attached hydrogens (tertiary/aromatic N) is 1. The number of carbonyl (C=O) groups is 2. The van der Waals surface area contributed by atoms with Gasteiger partial charge in [-0.25, -0.2) is 8.42 Å². The highest BCUT2D eigenvalue weighted by atomic mass is 32.2. The number of fused-ring (bicyclic) bond motifs is 1. The van der Waals surface area contributed by atoms with Crippen molar-refractivity contribution in [2.24, 2.45) is 0 Å². The second-order valence-electron chi connectivity index (χ2n) is 6.25. The van der Waals surface area contributed by atoms with Crippen LogP contribution in [0.15, 0.2) is 24.3 Å². The molecule has 2 aliphatic rings. The zero-order chi connectivity index (χ0) is 17.3. The number of nitrogens with one attached hydrogen (secondary N) is 1. The van der Waals surface area contributed by atoms with Gasteiger partial charge >= 0.3 is 5.97 Å². The van der Waals surface area contributed by atoms with Crippen LogP contribution in [-0.2, 0) is 37.3 Å². The Balaban J connectivity index is 1.71. The first kappa shape index (κ1) is 16.9. The van der Waals surface area contributed by atoms with E-state index < -0.39 is 22.0 Å². The number of ether oxygens (including phenoxy) is 1. The fraction of sp³-hybridized carbons (Fsp3) is 0.500. The van der Waals surface area contributed by atoms with Crippen LogP contribution in [-0.4, -0.2) is 49.5 Å². The Labute approximate surface area is 141 Å². The van der Waals surface area contributed by atoms with E-state index in [0.717, 1.165) is 34.5 Å². The maximum Gasteiger partial charge on any atom is 0.325 e. The third-order valence-electron chi connectivity index (χ3n) is 4.19. The second-order valence-corrected chi connectivity index (χ2v) is 8.18. The maximum absolute atomic E-state index is 12.4. The average Bonchev–Trinajstić information content (AvgIpc) is 3.34. The van der Waals surface area contributed by atoms with E-state index >= 15 is 0 Å². The number of hydrogen-bond acceptors (Lipinski definition) is 5. The summed E-state index contributed by atoms with van der Waals surface area (Å²) < 4.78 is 30.3. The van der Waals surface area contributed by atoms with Gasteiger partial charge in [-0.1, -0.05) is 24.3 Å². The number of sulfonamides is 1. The van der Waals surface area contributed by atoms with Gasteiger partial charge in [0.05, 0.1) is 6.26 Å². The van der Waals surface area contributed by atoms with Gasteiger partial charge in [0.25, 0.3) is 5.91 Å². The van der Waals surface area contributed by atoms with Gasteiger partial charge in [-0.15, -0.1) is 0 Å². The van der Waals surface area contributed by atoms with Crippen molar-refractivity contribution in [3.8, 4) is 0 Å². The highest BCUT2D eigenvalue weighted by molar-refractivity contribution is 7.88. The lowest BCUT2D eigenvalue weighted by Gasteiger charge is -2.33. The lowest BCUT2D eigenvalue weighted by molar-refractivity contribution is -0.152. The monoisotopic (exact) mass is 352 g/mol. The molecular formula is C16H20N2O5S. The van der Waals surface area contributed by atoms with Crippen LogP contribution in [0.1, 0.15) is 24.0 Å². The molecule has 8 heteroatoms. The topological polar surface area (TPSA) is 92.8 Å². The standard InChI is InChI=1S/C16H20N2O5S/c1-24(21,22)18-9-12-5-3-2-4-11(12)8-14(18)16(20)23-10-15(19)17-13-6-7-13/h2-5,13-14H,6-10H2,1H3,(H,17,19)/t14-/m0/s1. The van der Waals surface area contributed by atoms with Crippen molar-refractivity contribution in [1.82, 2.24) is 9.62 Å². The van der Waals surface area contributed by atoms with Crippen molar-refractivity contribution < 1.29 is 22.7 Å². The first-order valence-electron chi connectivity index (χ1n) is 7.84. The molecule has 130 valence electrons. The minimum absolute atomic E-state index is 0.128. The third kappa shape index (κ3) is 3.93. The fourth-order valence-corrected chi connectivity index (χ4v) is 3.77.